The molecule has 1 saturated heterocycles. The topological polar surface area (TPSA) is 70.7 Å². The van der Waals surface area contributed by atoms with E-state index >= 15 is 0 Å². The van der Waals surface area contributed by atoms with E-state index in [2.05, 4.69) is 20.0 Å². The molecule has 1 atom stereocenters. The molecule has 8 heteroatoms. The second-order valence-electron chi connectivity index (χ2n) is 6.18. The van der Waals surface area contributed by atoms with Gasteiger partial charge in [0.15, 0.2) is 11.5 Å². The summed E-state index contributed by atoms with van der Waals surface area (Å²) in [7, 11) is 0. The third kappa shape index (κ3) is 3.43. The zero-order chi connectivity index (χ0) is 17.2. The quantitative estimate of drug-likeness (QED) is 0.889. The molecular weight excluding hydrogens is 344 g/mol. The van der Waals surface area contributed by atoms with E-state index in [-0.39, 0.29) is 16.7 Å². The molecule has 0 amide bonds. The lowest BCUT2D eigenvalue weighted by atomic mass is 10.2. The number of hydrogen-bond donors (Lipinski definition) is 1. The summed E-state index contributed by atoms with van der Waals surface area (Å²) in [6.07, 6.45) is 1.63. The highest BCUT2D eigenvalue weighted by Gasteiger charge is 2.26. The Balaban J connectivity index is 1.34. The van der Waals surface area contributed by atoms with Gasteiger partial charge in [-0.1, -0.05) is 23.7 Å². The summed E-state index contributed by atoms with van der Waals surface area (Å²) in [5.41, 5.74) is 0.337. The Labute approximate surface area is 150 Å². The molecule has 0 bridgehead atoms. The number of ether oxygens (including phenoxy) is 2. The van der Waals surface area contributed by atoms with Gasteiger partial charge >= 0.3 is 0 Å². The minimum Gasteiger partial charge on any atom is -0.486 e. The van der Waals surface area contributed by atoms with E-state index in [0.29, 0.717) is 12.3 Å². The zero-order valence-corrected chi connectivity index (χ0v) is 14.4. The number of H-pyrrole nitrogens is 1. The van der Waals surface area contributed by atoms with E-state index in [1.165, 1.54) is 0 Å². The van der Waals surface area contributed by atoms with Crippen LogP contribution < -0.4 is 19.9 Å². The number of para-hydroxylation sites is 2. The van der Waals surface area contributed by atoms with Gasteiger partial charge < -0.3 is 14.4 Å². The van der Waals surface area contributed by atoms with Gasteiger partial charge in [-0.05, 0) is 12.1 Å². The van der Waals surface area contributed by atoms with Crippen molar-refractivity contribution in [1.82, 2.24) is 15.1 Å². The zero-order valence-electron chi connectivity index (χ0n) is 13.7. The fourth-order valence-corrected chi connectivity index (χ4v) is 3.42. The molecule has 2 aliphatic heterocycles. The predicted octanol–water partition coefficient (Wildman–Crippen LogP) is 1.39. The first-order valence-corrected chi connectivity index (χ1v) is 8.67. The molecule has 1 unspecified atom stereocenters. The minimum absolute atomic E-state index is 0.0197. The number of fused-ring (bicyclic) bond motifs is 1. The third-order valence-corrected chi connectivity index (χ3v) is 4.88. The fraction of sp³-hybridized carbons (Fsp3) is 0.412. The average molecular weight is 363 g/mol. The van der Waals surface area contributed by atoms with Gasteiger partial charge in [0, 0.05) is 32.7 Å². The van der Waals surface area contributed by atoms with Crippen molar-refractivity contribution in [3.63, 3.8) is 0 Å². The number of aromatic nitrogens is 2. The molecule has 7 nitrogen and oxygen atoms in total. The van der Waals surface area contributed by atoms with Crippen molar-refractivity contribution < 1.29 is 9.47 Å². The molecule has 0 spiro atoms. The normalized spacial score (nSPS) is 20.5. The number of halogens is 1. The molecule has 0 saturated carbocycles. The summed E-state index contributed by atoms with van der Waals surface area (Å²) in [5.74, 6) is 1.61. The van der Waals surface area contributed by atoms with Crippen LogP contribution in [-0.2, 0) is 0 Å². The van der Waals surface area contributed by atoms with Gasteiger partial charge in [-0.25, -0.2) is 5.10 Å². The van der Waals surface area contributed by atoms with Crippen molar-refractivity contribution in [2.75, 3.05) is 44.2 Å². The number of aromatic amines is 1. The number of rotatable bonds is 3. The van der Waals surface area contributed by atoms with Gasteiger partial charge in [0.2, 0.25) is 0 Å². The molecule has 2 aliphatic rings. The minimum atomic E-state index is -0.354. The Morgan fingerprint density at radius 3 is 2.76 bits per heavy atom. The van der Waals surface area contributed by atoms with Crippen LogP contribution in [0.15, 0.2) is 35.3 Å². The van der Waals surface area contributed by atoms with E-state index in [1.807, 2.05) is 24.3 Å². The van der Waals surface area contributed by atoms with E-state index in [1.54, 1.807) is 6.20 Å². The molecule has 2 aromatic rings. The maximum atomic E-state index is 11.6. The SMILES string of the molecule is O=c1[nH]ncc(N2CCN(CC3COc4ccccc4O3)CC2)c1Cl. The van der Waals surface area contributed by atoms with E-state index in [0.717, 1.165) is 44.2 Å². The second kappa shape index (κ2) is 6.93. The molecule has 132 valence electrons. The lowest BCUT2D eigenvalue weighted by molar-refractivity contribution is 0.0571. The third-order valence-electron chi connectivity index (χ3n) is 4.52. The van der Waals surface area contributed by atoms with Gasteiger partial charge in [0.1, 0.15) is 17.7 Å². The summed E-state index contributed by atoms with van der Waals surface area (Å²) < 4.78 is 11.8. The first-order valence-electron chi connectivity index (χ1n) is 8.29. The van der Waals surface area contributed by atoms with Crippen molar-refractivity contribution in [2.45, 2.75) is 6.10 Å². The lowest BCUT2D eigenvalue weighted by Gasteiger charge is -2.38. The maximum Gasteiger partial charge on any atom is 0.285 e. The van der Waals surface area contributed by atoms with Crippen LogP contribution in [0.25, 0.3) is 0 Å². The van der Waals surface area contributed by atoms with Gasteiger partial charge in [-0.3, -0.25) is 9.69 Å². The monoisotopic (exact) mass is 362 g/mol. The number of nitrogens with zero attached hydrogens (tertiary/aromatic N) is 3. The van der Waals surface area contributed by atoms with Crippen LogP contribution in [-0.4, -0.2) is 60.5 Å². The predicted molar refractivity (Wildman–Crippen MR) is 94.9 cm³/mol. The molecule has 1 aromatic carbocycles. The summed E-state index contributed by atoms with van der Waals surface area (Å²) in [6, 6.07) is 7.74. The van der Waals surface area contributed by atoms with E-state index in [9.17, 15) is 4.79 Å². The van der Waals surface area contributed by atoms with E-state index in [4.69, 9.17) is 21.1 Å². The van der Waals surface area contributed by atoms with Crippen LogP contribution in [0, 0.1) is 0 Å². The first kappa shape index (κ1) is 16.2. The van der Waals surface area contributed by atoms with Crippen LogP contribution in [0.3, 0.4) is 0 Å². The largest absolute Gasteiger partial charge is 0.486 e. The number of hydrogen-bond acceptors (Lipinski definition) is 6. The van der Waals surface area contributed by atoms with Crippen molar-refractivity contribution in [3.8, 4) is 11.5 Å². The highest BCUT2D eigenvalue weighted by molar-refractivity contribution is 6.32. The fourth-order valence-electron chi connectivity index (χ4n) is 3.21. The van der Waals surface area contributed by atoms with E-state index < -0.39 is 0 Å². The lowest BCUT2D eigenvalue weighted by Crippen LogP contribution is -2.51. The molecule has 0 radical (unpaired) electrons. The molecule has 4 rings (SSSR count). The Morgan fingerprint density at radius 2 is 1.96 bits per heavy atom. The Morgan fingerprint density at radius 1 is 1.20 bits per heavy atom. The summed E-state index contributed by atoms with van der Waals surface area (Å²) >= 11 is 6.09. The van der Waals surface area contributed by atoms with Crippen molar-refractivity contribution in [3.05, 3.63) is 45.8 Å². The number of benzene rings is 1. The molecule has 1 N–H and O–H groups in total. The molecule has 1 fully saturated rings. The average Bonchev–Trinajstić information content (AvgIpc) is 2.65. The number of anilines is 1. The number of nitrogens with one attached hydrogen (secondary N) is 1. The summed E-state index contributed by atoms with van der Waals surface area (Å²) in [6.45, 7) is 4.67. The van der Waals surface area contributed by atoms with Crippen LogP contribution in [0.2, 0.25) is 5.02 Å². The first-order chi connectivity index (χ1) is 12.2. The Bertz CT molecular complexity index is 804. The van der Waals surface area contributed by atoms with Crippen LogP contribution in [0.5, 0.6) is 11.5 Å². The molecule has 1 aromatic heterocycles. The van der Waals surface area contributed by atoms with Gasteiger partial charge in [0.25, 0.3) is 5.56 Å². The van der Waals surface area contributed by atoms with Crippen molar-refractivity contribution >= 4 is 17.3 Å². The smallest absolute Gasteiger partial charge is 0.285 e. The van der Waals surface area contributed by atoms with Crippen molar-refractivity contribution in [1.29, 1.82) is 0 Å². The van der Waals surface area contributed by atoms with Crippen molar-refractivity contribution in [2.24, 2.45) is 0 Å². The highest BCUT2D eigenvalue weighted by atomic mass is 35.5. The Kier molecular flexibility index (Phi) is 4.50. The molecule has 0 aliphatic carbocycles. The number of piperazine rings is 1. The Hall–Kier alpha value is -2.25. The maximum absolute atomic E-state index is 11.6. The molecule has 25 heavy (non-hydrogen) atoms. The second-order valence-corrected chi connectivity index (χ2v) is 6.56. The van der Waals surface area contributed by atoms with Crippen LogP contribution in [0.4, 0.5) is 5.69 Å². The van der Waals surface area contributed by atoms with Gasteiger partial charge in [-0.15, -0.1) is 0 Å². The summed E-state index contributed by atoms with van der Waals surface area (Å²) in [5, 5.41) is 6.38. The van der Waals surface area contributed by atoms with Gasteiger partial charge in [0.05, 0.1) is 11.9 Å². The standard InChI is InChI=1S/C17H19ClN4O3/c18-16-13(9-19-20-17(16)23)22-7-5-21(6-8-22)10-12-11-24-14-3-1-2-4-15(14)25-12/h1-4,9,12H,5-8,10-11H2,(H,20,23). The van der Waals surface area contributed by atoms with Gasteiger partial charge in [-0.2, -0.15) is 5.10 Å². The molecule has 3 heterocycles. The molecular formula is C17H19ClN4O3. The van der Waals surface area contributed by atoms with Crippen LogP contribution in [0.1, 0.15) is 0 Å². The summed E-state index contributed by atoms with van der Waals surface area (Å²) in [4.78, 5) is 16.0. The van der Waals surface area contributed by atoms with Crippen LogP contribution >= 0.6 is 11.6 Å². The highest BCUT2D eigenvalue weighted by Crippen LogP contribution is 2.31.